The summed E-state index contributed by atoms with van der Waals surface area (Å²) in [4.78, 5) is 8.56. The Hall–Kier alpha value is -1.13. The molecule has 0 aromatic carbocycles. The van der Waals surface area contributed by atoms with Crippen LogP contribution in [0, 0.1) is 0 Å². The quantitative estimate of drug-likeness (QED) is 0.518. The molecule has 0 spiro atoms. The van der Waals surface area contributed by atoms with Gasteiger partial charge in [-0.1, -0.05) is 0 Å². The minimum absolute atomic E-state index is 1.83. The predicted molar refractivity (Wildman–Crippen MR) is 22.0 cm³/mol. The lowest BCUT2D eigenvalue weighted by molar-refractivity contribution is 0.137. The molecule has 0 aromatic rings. The van der Waals surface area contributed by atoms with Gasteiger partial charge in [0, 0.05) is 0 Å². The molecule has 0 aromatic heterocycles. The molecule has 8 heavy (non-hydrogen) atoms. The van der Waals surface area contributed by atoms with Crippen molar-refractivity contribution in [3.63, 3.8) is 0 Å². The second-order valence-electron chi connectivity index (χ2n) is 0.621. The summed E-state index contributed by atoms with van der Waals surface area (Å²) in [6.45, 7) is 2.22. The van der Waals surface area contributed by atoms with Crippen LogP contribution in [0.2, 0.25) is 0 Å². The highest BCUT2D eigenvalue weighted by Gasteiger charge is 1.70. The van der Waals surface area contributed by atoms with Crippen molar-refractivity contribution in [2.45, 2.75) is 0 Å². The SMILES string of the molecule is C=C(F)F.O=C(O)O. The van der Waals surface area contributed by atoms with Crippen molar-refractivity contribution in [3.05, 3.63) is 12.7 Å². The van der Waals surface area contributed by atoms with Crippen molar-refractivity contribution in [3.8, 4) is 0 Å². The highest BCUT2D eigenvalue weighted by atomic mass is 19.3. The van der Waals surface area contributed by atoms with E-state index < -0.39 is 12.2 Å². The Morgan fingerprint density at radius 1 is 1.38 bits per heavy atom. The average Bonchev–Trinajstić information content (AvgIpc) is 1.25. The van der Waals surface area contributed by atoms with Gasteiger partial charge in [0.25, 0.3) is 6.08 Å². The van der Waals surface area contributed by atoms with E-state index in [1.165, 1.54) is 0 Å². The normalized spacial score (nSPS) is 6.25. The maximum atomic E-state index is 10.1. The van der Waals surface area contributed by atoms with Crippen LogP contribution >= 0.6 is 0 Å². The van der Waals surface area contributed by atoms with Crippen LogP contribution in [0.4, 0.5) is 13.6 Å². The zero-order valence-electron chi connectivity index (χ0n) is 3.77. The number of halogens is 2. The summed E-state index contributed by atoms with van der Waals surface area (Å²) < 4.78 is 20.3. The van der Waals surface area contributed by atoms with Gasteiger partial charge in [-0.25, -0.2) is 4.79 Å². The lowest BCUT2D eigenvalue weighted by Gasteiger charge is -1.60. The second kappa shape index (κ2) is 5.87. The summed E-state index contributed by atoms with van der Waals surface area (Å²) in [6, 6.07) is 0. The van der Waals surface area contributed by atoms with Crippen molar-refractivity contribution in [1.82, 2.24) is 0 Å². The van der Waals surface area contributed by atoms with Crippen molar-refractivity contribution in [1.29, 1.82) is 0 Å². The highest BCUT2D eigenvalue weighted by Crippen LogP contribution is 1.85. The van der Waals surface area contributed by atoms with Gasteiger partial charge < -0.3 is 10.2 Å². The third-order valence-electron chi connectivity index (χ3n) is 0. The van der Waals surface area contributed by atoms with Gasteiger partial charge in [-0.3, -0.25) is 0 Å². The molecule has 0 fully saturated rings. The summed E-state index contributed by atoms with van der Waals surface area (Å²) in [6.07, 6.45) is -3.67. The monoisotopic (exact) mass is 126 g/mol. The van der Waals surface area contributed by atoms with Gasteiger partial charge in [-0.05, 0) is 6.58 Å². The number of hydrogen-bond donors (Lipinski definition) is 2. The summed E-state index contributed by atoms with van der Waals surface area (Å²) >= 11 is 0. The Morgan fingerprint density at radius 2 is 1.38 bits per heavy atom. The largest absolute Gasteiger partial charge is 0.503 e. The van der Waals surface area contributed by atoms with Gasteiger partial charge in [0.05, 0.1) is 0 Å². The minimum Gasteiger partial charge on any atom is -0.450 e. The second-order valence-corrected chi connectivity index (χ2v) is 0.621. The fraction of sp³-hybridized carbons (Fsp3) is 0. The van der Waals surface area contributed by atoms with Crippen molar-refractivity contribution < 1.29 is 23.8 Å². The highest BCUT2D eigenvalue weighted by molar-refractivity contribution is 5.53. The van der Waals surface area contributed by atoms with Crippen molar-refractivity contribution in [2.24, 2.45) is 0 Å². The number of rotatable bonds is 0. The molecule has 0 amide bonds. The molecule has 0 aliphatic heterocycles. The van der Waals surface area contributed by atoms with E-state index in [4.69, 9.17) is 15.0 Å². The molecule has 0 radical (unpaired) electrons. The molecule has 2 N–H and O–H groups in total. The van der Waals surface area contributed by atoms with Crippen molar-refractivity contribution in [2.75, 3.05) is 0 Å². The average molecular weight is 126 g/mol. The van der Waals surface area contributed by atoms with Gasteiger partial charge in [0.2, 0.25) is 0 Å². The first-order valence-electron chi connectivity index (χ1n) is 1.38. The van der Waals surface area contributed by atoms with E-state index >= 15 is 0 Å². The summed E-state index contributed by atoms with van der Waals surface area (Å²) in [5, 5.41) is 13.9. The zero-order chi connectivity index (χ0) is 7.15. The predicted octanol–water partition coefficient (Wildman–Crippen LogP) is 1.62. The van der Waals surface area contributed by atoms with Gasteiger partial charge in [-0.15, -0.1) is 0 Å². The molecule has 0 unspecified atom stereocenters. The molecule has 0 atom stereocenters. The van der Waals surface area contributed by atoms with E-state index in [1.807, 2.05) is 0 Å². The minimum atomic E-state index is -1.83. The number of carbonyl (C=O) groups is 1. The van der Waals surface area contributed by atoms with Gasteiger partial charge in [-0.2, -0.15) is 8.78 Å². The molecular weight excluding hydrogens is 122 g/mol. The van der Waals surface area contributed by atoms with Gasteiger partial charge in [0.15, 0.2) is 0 Å². The summed E-state index contributed by atoms with van der Waals surface area (Å²) in [7, 11) is 0. The number of carboxylic acid groups (broad SMARTS) is 2. The van der Waals surface area contributed by atoms with Crippen LogP contribution in [0.25, 0.3) is 0 Å². The fourth-order valence-electron chi connectivity index (χ4n) is 0. The van der Waals surface area contributed by atoms with E-state index in [0.717, 1.165) is 0 Å². The lowest BCUT2D eigenvalue weighted by atomic mass is 11.2. The van der Waals surface area contributed by atoms with E-state index in [2.05, 4.69) is 6.58 Å². The smallest absolute Gasteiger partial charge is 0.450 e. The van der Waals surface area contributed by atoms with E-state index in [0.29, 0.717) is 0 Å². The lowest BCUT2D eigenvalue weighted by Crippen LogP contribution is -1.81. The molecule has 0 heterocycles. The Balaban J connectivity index is 0. The topological polar surface area (TPSA) is 57.5 Å². The van der Waals surface area contributed by atoms with Crippen LogP contribution in [-0.4, -0.2) is 16.4 Å². The first-order valence-corrected chi connectivity index (χ1v) is 1.38. The van der Waals surface area contributed by atoms with Crippen LogP contribution in [0.15, 0.2) is 12.7 Å². The summed E-state index contributed by atoms with van der Waals surface area (Å²) in [5.74, 6) is 0. The maximum absolute atomic E-state index is 10.1. The Bertz CT molecular complexity index is 70.5. The van der Waals surface area contributed by atoms with Gasteiger partial charge >= 0.3 is 6.16 Å². The van der Waals surface area contributed by atoms with E-state index in [-0.39, 0.29) is 0 Å². The molecule has 0 aliphatic carbocycles. The molecule has 0 aliphatic rings. The molecule has 5 heteroatoms. The molecular formula is C3H4F2O3. The Morgan fingerprint density at radius 3 is 1.38 bits per heavy atom. The van der Waals surface area contributed by atoms with Crippen LogP contribution in [0.5, 0.6) is 0 Å². The first-order chi connectivity index (χ1) is 3.46. The standard InChI is InChI=1S/C2H2F2.CH2O3/c1-2(3)4;2-1(3)4/h1H2;(H2,2,3,4). The fourth-order valence-corrected chi connectivity index (χ4v) is 0. The Labute approximate surface area is 43.9 Å². The van der Waals surface area contributed by atoms with Crippen LogP contribution < -0.4 is 0 Å². The molecule has 0 rings (SSSR count). The first kappa shape index (κ1) is 9.98. The van der Waals surface area contributed by atoms with Crippen LogP contribution in [0.3, 0.4) is 0 Å². The van der Waals surface area contributed by atoms with Crippen LogP contribution in [0.1, 0.15) is 0 Å². The van der Waals surface area contributed by atoms with E-state index in [9.17, 15) is 8.78 Å². The van der Waals surface area contributed by atoms with E-state index in [1.54, 1.807) is 0 Å². The molecule has 48 valence electrons. The third-order valence-corrected chi connectivity index (χ3v) is 0. The zero-order valence-corrected chi connectivity index (χ0v) is 3.77. The van der Waals surface area contributed by atoms with Gasteiger partial charge in [0.1, 0.15) is 0 Å². The molecule has 0 saturated carbocycles. The Kier molecular flexibility index (Phi) is 7.32. The van der Waals surface area contributed by atoms with Crippen LogP contribution in [-0.2, 0) is 0 Å². The summed E-state index contributed by atoms with van der Waals surface area (Å²) in [5.41, 5.74) is 0. The molecule has 3 nitrogen and oxygen atoms in total. The molecule has 0 saturated heterocycles. The maximum Gasteiger partial charge on any atom is 0.503 e. The molecule has 0 bridgehead atoms. The van der Waals surface area contributed by atoms with Crippen molar-refractivity contribution >= 4 is 6.16 Å². The number of hydrogen-bond acceptors (Lipinski definition) is 1. The third kappa shape index (κ3) is 57.1.